The van der Waals surface area contributed by atoms with Gasteiger partial charge in [-0.3, -0.25) is 30.0 Å². The number of aromatic amines is 1. The van der Waals surface area contributed by atoms with Gasteiger partial charge in [0.15, 0.2) is 5.69 Å². The van der Waals surface area contributed by atoms with Gasteiger partial charge in [0.2, 0.25) is 0 Å². The van der Waals surface area contributed by atoms with Crippen LogP contribution in [0.15, 0.2) is 64.3 Å². The van der Waals surface area contributed by atoms with Crippen molar-refractivity contribution in [3.63, 3.8) is 0 Å². The van der Waals surface area contributed by atoms with Crippen molar-refractivity contribution in [1.29, 1.82) is 0 Å². The molecule has 0 radical (unpaired) electrons. The number of halogens is 1. The second-order valence-corrected chi connectivity index (χ2v) is 10.2. The lowest BCUT2D eigenvalue weighted by molar-refractivity contribution is 0.0844. The van der Waals surface area contributed by atoms with E-state index in [1.807, 2.05) is 0 Å². The largest absolute Gasteiger partial charge is 0.495 e. The number of H-pyrrole nitrogens is 1. The standard InChI is InChI=1S/C25H22ClN5O7S/c1-13-8-9-14(39(35,36)31-19-11-18(26)20(37-2)12-21(19)38-3)10-17(13)24(33)29-30-25(34)22-15-6-4-5-7-16(15)23(32)28-27-22/h4-12,31H,1-3H3,(H,28,32)(H,29,33)(H,30,34). The predicted molar refractivity (Wildman–Crippen MR) is 144 cm³/mol. The number of ether oxygens (including phenoxy) is 2. The van der Waals surface area contributed by atoms with Gasteiger partial charge in [0, 0.05) is 17.0 Å². The van der Waals surface area contributed by atoms with E-state index >= 15 is 0 Å². The molecule has 4 rings (SSSR count). The van der Waals surface area contributed by atoms with Crippen molar-refractivity contribution in [2.75, 3.05) is 18.9 Å². The maximum Gasteiger partial charge on any atom is 0.290 e. The number of benzene rings is 3. The van der Waals surface area contributed by atoms with Crippen molar-refractivity contribution in [3.05, 3.63) is 86.8 Å². The summed E-state index contributed by atoms with van der Waals surface area (Å²) in [5.74, 6) is -1.12. The highest BCUT2D eigenvalue weighted by molar-refractivity contribution is 7.92. The van der Waals surface area contributed by atoms with Crippen molar-refractivity contribution in [2.24, 2.45) is 0 Å². The Kier molecular flexibility index (Phi) is 7.74. The summed E-state index contributed by atoms with van der Waals surface area (Å²) in [6, 6.07) is 13.0. The van der Waals surface area contributed by atoms with E-state index < -0.39 is 27.4 Å². The van der Waals surface area contributed by atoms with Gasteiger partial charge in [-0.15, -0.1) is 0 Å². The minimum absolute atomic E-state index is 0.0165. The highest BCUT2D eigenvalue weighted by atomic mass is 35.5. The smallest absolute Gasteiger partial charge is 0.290 e. The maximum absolute atomic E-state index is 13.1. The second kappa shape index (κ2) is 11.0. The summed E-state index contributed by atoms with van der Waals surface area (Å²) < 4.78 is 39.0. The Balaban J connectivity index is 1.56. The summed E-state index contributed by atoms with van der Waals surface area (Å²) in [5.41, 5.74) is 4.38. The molecule has 12 nitrogen and oxygen atoms in total. The van der Waals surface area contributed by atoms with E-state index in [1.165, 1.54) is 44.6 Å². The molecule has 0 atom stereocenters. The van der Waals surface area contributed by atoms with E-state index in [-0.39, 0.29) is 49.1 Å². The van der Waals surface area contributed by atoms with E-state index in [2.05, 4.69) is 25.8 Å². The van der Waals surface area contributed by atoms with Crippen LogP contribution < -0.4 is 30.6 Å². The molecule has 3 aromatic carbocycles. The molecule has 0 fully saturated rings. The average molecular weight is 572 g/mol. The number of nitrogens with one attached hydrogen (secondary N) is 4. The van der Waals surface area contributed by atoms with Crippen LogP contribution in [0.1, 0.15) is 26.4 Å². The Bertz CT molecular complexity index is 1770. The van der Waals surface area contributed by atoms with Crippen molar-refractivity contribution < 1.29 is 27.5 Å². The lowest BCUT2D eigenvalue weighted by Crippen LogP contribution is -2.42. The van der Waals surface area contributed by atoms with Crippen molar-refractivity contribution in [3.8, 4) is 11.5 Å². The Morgan fingerprint density at radius 3 is 2.28 bits per heavy atom. The molecule has 0 aliphatic rings. The van der Waals surface area contributed by atoms with Crippen LogP contribution in [0.5, 0.6) is 11.5 Å². The molecule has 14 heteroatoms. The number of nitrogens with zero attached hydrogens (tertiary/aromatic N) is 1. The summed E-state index contributed by atoms with van der Waals surface area (Å²) in [6.45, 7) is 1.60. The number of hydrazine groups is 1. The van der Waals surface area contributed by atoms with Gasteiger partial charge in [-0.05, 0) is 36.8 Å². The van der Waals surface area contributed by atoms with Crippen LogP contribution in [-0.2, 0) is 10.0 Å². The summed E-state index contributed by atoms with van der Waals surface area (Å²) in [7, 11) is -1.43. The molecule has 1 heterocycles. The van der Waals surface area contributed by atoms with Crippen molar-refractivity contribution in [1.82, 2.24) is 21.0 Å². The van der Waals surface area contributed by atoms with Crippen LogP contribution >= 0.6 is 11.6 Å². The van der Waals surface area contributed by atoms with Crippen molar-refractivity contribution in [2.45, 2.75) is 11.8 Å². The molecule has 0 aliphatic carbocycles. The van der Waals surface area contributed by atoms with Gasteiger partial charge in [-0.1, -0.05) is 35.9 Å². The predicted octanol–water partition coefficient (Wildman–Crippen LogP) is 2.78. The fourth-order valence-electron chi connectivity index (χ4n) is 3.68. The Morgan fingerprint density at radius 2 is 1.59 bits per heavy atom. The molecular weight excluding hydrogens is 550 g/mol. The van der Waals surface area contributed by atoms with Crippen LogP contribution in [0.4, 0.5) is 5.69 Å². The number of aryl methyl sites for hydroxylation is 1. The highest BCUT2D eigenvalue weighted by Crippen LogP contribution is 2.37. The summed E-state index contributed by atoms with van der Waals surface area (Å²) in [6.07, 6.45) is 0. The van der Waals surface area contributed by atoms with E-state index in [0.29, 0.717) is 5.56 Å². The molecule has 0 spiro atoms. The zero-order valence-corrected chi connectivity index (χ0v) is 22.4. The number of fused-ring (bicyclic) bond motifs is 1. The number of sulfonamides is 1. The van der Waals surface area contributed by atoms with Crippen LogP contribution in [0.25, 0.3) is 10.8 Å². The maximum atomic E-state index is 13.1. The first-order chi connectivity index (χ1) is 18.6. The molecule has 4 N–H and O–H groups in total. The van der Waals surface area contributed by atoms with Crippen LogP contribution in [-0.4, -0.2) is 44.6 Å². The lowest BCUT2D eigenvalue weighted by Gasteiger charge is -2.15. The zero-order chi connectivity index (χ0) is 28.3. The first-order valence-corrected chi connectivity index (χ1v) is 13.0. The molecule has 39 heavy (non-hydrogen) atoms. The van der Waals surface area contributed by atoms with E-state index in [4.69, 9.17) is 21.1 Å². The molecule has 0 aliphatic heterocycles. The Morgan fingerprint density at radius 1 is 0.923 bits per heavy atom. The van der Waals surface area contributed by atoms with Crippen molar-refractivity contribution >= 4 is 49.9 Å². The van der Waals surface area contributed by atoms with Gasteiger partial charge < -0.3 is 9.47 Å². The first-order valence-electron chi connectivity index (χ1n) is 11.2. The molecule has 202 valence electrons. The summed E-state index contributed by atoms with van der Waals surface area (Å²) in [4.78, 5) is 37.3. The van der Waals surface area contributed by atoms with Crippen LogP contribution in [0.3, 0.4) is 0 Å². The Labute approximate surface area is 227 Å². The van der Waals surface area contributed by atoms with Gasteiger partial charge in [0.1, 0.15) is 11.5 Å². The quantitative estimate of drug-likeness (QED) is 0.245. The molecule has 0 saturated carbocycles. The number of aromatic nitrogens is 2. The number of carbonyl (C=O) groups is 2. The SMILES string of the molecule is COc1cc(OC)c(NS(=O)(=O)c2ccc(C)c(C(=O)NNC(=O)c3n[nH]c(=O)c4ccccc34)c2)cc1Cl. The summed E-state index contributed by atoms with van der Waals surface area (Å²) in [5, 5.41) is 6.71. The molecule has 0 saturated heterocycles. The minimum atomic E-state index is -4.20. The number of anilines is 1. The summed E-state index contributed by atoms with van der Waals surface area (Å²) >= 11 is 6.14. The van der Waals surface area contributed by atoms with Gasteiger partial charge >= 0.3 is 0 Å². The number of rotatable bonds is 7. The van der Waals surface area contributed by atoms with E-state index in [9.17, 15) is 22.8 Å². The number of methoxy groups -OCH3 is 2. The molecule has 4 aromatic rings. The fourth-order valence-corrected chi connectivity index (χ4v) is 5.01. The van der Waals surface area contributed by atoms with E-state index in [1.54, 1.807) is 25.1 Å². The van der Waals surface area contributed by atoms with Crippen LogP contribution in [0.2, 0.25) is 5.02 Å². The monoisotopic (exact) mass is 571 g/mol. The third-order valence-corrected chi connectivity index (χ3v) is 7.34. The topological polar surface area (TPSA) is 169 Å². The van der Waals surface area contributed by atoms with Gasteiger partial charge in [-0.2, -0.15) is 5.10 Å². The van der Waals surface area contributed by atoms with Gasteiger partial charge in [0.05, 0.1) is 35.2 Å². The highest BCUT2D eigenvalue weighted by Gasteiger charge is 2.22. The number of carbonyl (C=O) groups excluding carboxylic acids is 2. The number of amides is 2. The number of hydrogen-bond donors (Lipinski definition) is 4. The van der Waals surface area contributed by atoms with Crippen LogP contribution in [0, 0.1) is 6.92 Å². The third kappa shape index (κ3) is 5.63. The molecule has 1 aromatic heterocycles. The minimum Gasteiger partial charge on any atom is -0.495 e. The third-order valence-electron chi connectivity index (χ3n) is 5.68. The molecule has 0 bridgehead atoms. The second-order valence-electron chi connectivity index (χ2n) is 8.12. The number of hydrogen-bond acceptors (Lipinski definition) is 8. The van der Waals surface area contributed by atoms with E-state index in [0.717, 1.165) is 6.07 Å². The lowest BCUT2D eigenvalue weighted by atomic mass is 10.1. The first kappa shape index (κ1) is 27.4. The zero-order valence-electron chi connectivity index (χ0n) is 20.8. The molecule has 0 unspecified atom stereocenters. The molecule has 2 amide bonds. The fraction of sp³-hybridized carbons (Fsp3) is 0.120. The molecular formula is C25H22ClN5O7S. The normalized spacial score (nSPS) is 11.1. The Hall–Kier alpha value is -4.62. The average Bonchev–Trinajstić information content (AvgIpc) is 2.92. The van der Waals surface area contributed by atoms with Gasteiger partial charge in [0.25, 0.3) is 27.4 Å². The van der Waals surface area contributed by atoms with Gasteiger partial charge in [-0.25, -0.2) is 13.5 Å².